The van der Waals surface area contributed by atoms with E-state index in [9.17, 15) is 18.0 Å². The molecule has 0 saturated heterocycles. The van der Waals surface area contributed by atoms with Crippen molar-refractivity contribution in [2.24, 2.45) is 0 Å². The number of nitrogens with zero attached hydrogens (tertiary/aromatic N) is 1. The minimum absolute atomic E-state index is 0.0777. The molecule has 0 unspecified atom stereocenters. The summed E-state index contributed by atoms with van der Waals surface area (Å²) in [7, 11) is 0. The Hall–Kier alpha value is -3.87. The number of para-hydroxylation sites is 1. The normalized spacial score (nSPS) is 11.4. The second kappa shape index (κ2) is 8.94. The molecule has 4 nitrogen and oxygen atoms in total. The van der Waals surface area contributed by atoms with E-state index in [0.29, 0.717) is 22.2 Å². The van der Waals surface area contributed by atoms with Crippen molar-refractivity contribution >= 4 is 28.2 Å². The van der Waals surface area contributed by atoms with E-state index >= 15 is 0 Å². The fraction of sp³-hybridized carbons (Fsp3) is 0.154. The second-order valence-corrected chi connectivity index (χ2v) is 7.52. The van der Waals surface area contributed by atoms with Crippen molar-refractivity contribution in [2.45, 2.75) is 20.0 Å². The molecule has 7 heteroatoms. The molecular formula is C26H21F3N2O2. The van der Waals surface area contributed by atoms with Crippen LogP contribution in [-0.4, -0.2) is 17.6 Å². The summed E-state index contributed by atoms with van der Waals surface area (Å²) in [5, 5.41) is 3.69. The Morgan fingerprint density at radius 1 is 1.00 bits per heavy atom. The van der Waals surface area contributed by atoms with Gasteiger partial charge < -0.3 is 10.1 Å². The van der Waals surface area contributed by atoms with Crippen LogP contribution in [0, 0.1) is 6.92 Å². The molecular weight excluding hydrogens is 429 g/mol. The first-order chi connectivity index (χ1) is 15.8. The van der Waals surface area contributed by atoms with E-state index in [1.165, 1.54) is 12.3 Å². The number of hydrogen-bond donors (Lipinski definition) is 1. The van der Waals surface area contributed by atoms with Crippen LogP contribution in [0.5, 0.6) is 0 Å². The minimum Gasteiger partial charge on any atom is -0.462 e. The van der Waals surface area contributed by atoms with Crippen molar-refractivity contribution in [3.05, 3.63) is 89.6 Å². The number of pyridine rings is 1. The molecule has 0 aliphatic rings. The number of benzene rings is 3. The molecule has 0 fully saturated rings. The Morgan fingerprint density at radius 3 is 2.42 bits per heavy atom. The molecule has 0 spiro atoms. The van der Waals surface area contributed by atoms with Crippen LogP contribution in [0.25, 0.3) is 22.0 Å². The van der Waals surface area contributed by atoms with Crippen molar-refractivity contribution in [2.75, 3.05) is 11.9 Å². The third-order valence-electron chi connectivity index (χ3n) is 5.21. The minimum atomic E-state index is -4.49. The highest BCUT2D eigenvalue weighted by atomic mass is 19.4. The van der Waals surface area contributed by atoms with Crippen LogP contribution in [0.15, 0.2) is 72.9 Å². The fourth-order valence-corrected chi connectivity index (χ4v) is 3.79. The summed E-state index contributed by atoms with van der Waals surface area (Å²) in [5.74, 6) is -0.408. The summed E-state index contributed by atoms with van der Waals surface area (Å²) >= 11 is 0. The quantitative estimate of drug-likeness (QED) is 0.328. The second-order valence-electron chi connectivity index (χ2n) is 7.52. The molecule has 0 amide bonds. The third-order valence-corrected chi connectivity index (χ3v) is 5.21. The van der Waals surface area contributed by atoms with Crippen LogP contribution in [0.2, 0.25) is 0 Å². The zero-order valence-electron chi connectivity index (χ0n) is 18.0. The van der Waals surface area contributed by atoms with Crippen LogP contribution in [0.1, 0.15) is 28.4 Å². The number of carbonyl (C=O) groups excluding carboxylic acids is 1. The monoisotopic (exact) mass is 450 g/mol. The molecule has 0 aliphatic heterocycles. The van der Waals surface area contributed by atoms with Crippen LogP contribution in [0.4, 0.5) is 24.5 Å². The number of ether oxygens (including phenoxy) is 1. The van der Waals surface area contributed by atoms with Crippen molar-refractivity contribution in [1.29, 1.82) is 0 Å². The topological polar surface area (TPSA) is 51.2 Å². The number of aromatic nitrogens is 1. The molecule has 0 aliphatic carbocycles. The third kappa shape index (κ3) is 4.67. The van der Waals surface area contributed by atoms with Crippen LogP contribution < -0.4 is 5.32 Å². The van der Waals surface area contributed by atoms with Gasteiger partial charge in [0.25, 0.3) is 0 Å². The van der Waals surface area contributed by atoms with Crippen molar-refractivity contribution in [3.8, 4) is 11.1 Å². The highest BCUT2D eigenvalue weighted by Gasteiger charge is 2.33. The van der Waals surface area contributed by atoms with Gasteiger partial charge in [-0.15, -0.1) is 0 Å². The molecule has 4 rings (SSSR count). The lowest BCUT2D eigenvalue weighted by molar-refractivity contribution is -0.136. The van der Waals surface area contributed by atoms with Gasteiger partial charge in [0.2, 0.25) is 0 Å². The van der Waals surface area contributed by atoms with Crippen molar-refractivity contribution in [1.82, 2.24) is 4.98 Å². The Balaban J connectivity index is 1.74. The first-order valence-corrected chi connectivity index (χ1v) is 10.4. The Bertz CT molecular complexity index is 1330. The number of halogens is 3. The molecule has 1 aromatic heterocycles. The number of hydrogen-bond acceptors (Lipinski definition) is 4. The van der Waals surface area contributed by atoms with Gasteiger partial charge in [-0.2, -0.15) is 13.2 Å². The summed E-state index contributed by atoms with van der Waals surface area (Å²) in [6.45, 7) is 3.85. The van der Waals surface area contributed by atoms with Gasteiger partial charge in [0.05, 0.1) is 23.3 Å². The average Bonchev–Trinajstić information content (AvgIpc) is 2.78. The molecule has 1 N–H and O–H groups in total. The molecule has 0 radical (unpaired) electrons. The molecule has 4 aromatic rings. The zero-order valence-corrected chi connectivity index (χ0v) is 18.0. The van der Waals surface area contributed by atoms with Crippen LogP contribution in [0.3, 0.4) is 0 Å². The summed E-state index contributed by atoms with van der Waals surface area (Å²) < 4.78 is 45.6. The fourth-order valence-electron chi connectivity index (χ4n) is 3.79. The Kier molecular flexibility index (Phi) is 6.05. The summed E-state index contributed by atoms with van der Waals surface area (Å²) in [6, 6.07) is 18.4. The average molecular weight is 450 g/mol. The Morgan fingerprint density at radius 2 is 1.70 bits per heavy atom. The maximum absolute atomic E-state index is 13.5. The van der Waals surface area contributed by atoms with E-state index in [0.717, 1.165) is 22.9 Å². The smallest absolute Gasteiger partial charge is 0.418 e. The number of esters is 1. The predicted octanol–water partition coefficient (Wildman–Crippen LogP) is 7.15. The summed E-state index contributed by atoms with van der Waals surface area (Å²) in [5.41, 5.74) is 3.22. The molecule has 0 atom stereocenters. The molecule has 0 bridgehead atoms. The number of aryl methyl sites for hydroxylation is 1. The molecule has 33 heavy (non-hydrogen) atoms. The van der Waals surface area contributed by atoms with Gasteiger partial charge >= 0.3 is 12.1 Å². The van der Waals surface area contributed by atoms with E-state index in [2.05, 4.69) is 10.3 Å². The molecule has 3 aromatic carbocycles. The van der Waals surface area contributed by atoms with E-state index in [1.807, 2.05) is 37.3 Å². The maximum atomic E-state index is 13.5. The molecule has 168 valence electrons. The van der Waals surface area contributed by atoms with E-state index in [1.54, 1.807) is 31.2 Å². The summed E-state index contributed by atoms with van der Waals surface area (Å²) in [6.07, 6.45) is -3.03. The van der Waals surface area contributed by atoms with Gasteiger partial charge in [-0.3, -0.25) is 4.98 Å². The van der Waals surface area contributed by atoms with Crippen LogP contribution in [-0.2, 0) is 10.9 Å². The van der Waals surface area contributed by atoms with E-state index in [4.69, 9.17) is 4.74 Å². The number of anilines is 2. The van der Waals surface area contributed by atoms with E-state index < -0.39 is 17.7 Å². The van der Waals surface area contributed by atoms with Gasteiger partial charge in [0.15, 0.2) is 0 Å². The number of rotatable bonds is 5. The number of carbonyl (C=O) groups is 1. The standard InChI is InChI=1S/C26H21F3N2O2/c1-3-33-25(32)18-8-5-10-20(14-18)31-19-9-4-7-17(13-19)23-16(2)15-30-24-21(23)11-6-12-22(24)26(27,28)29/h4-15,31H,3H2,1-2H3. The first kappa shape index (κ1) is 22.3. The predicted molar refractivity (Wildman–Crippen MR) is 123 cm³/mol. The molecule has 0 saturated carbocycles. The molecule has 1 heterocycles. The number of alkyl halides is 3. The van der Waals surface area contributed by atoms with Gasteiger partial charge in [0, 0.05) is 23.0 Å². The largest absolute Gasteiger partial charge is 0.462 e. The van der Waals surface area contributed by atoms with E-state index in [-0.39, 0.29) is 12.1 Å². The lowest BCUT2D eigenvalue weighted by atomic mass is 9.95. The lowest BCUT2D eigenvalue weighted by Crippen LogP contribution is -2.07. The highest BCUT2D eigenvalue weighted by molar-refractivity contribution is 5.98. The zero-order chi connectivity index (χ0) is 23.6. The lowest BCUT2D eigenvalue weighted by Gasteiger charge is -2.15. The Labute approximate surface area is 189 Å². The summed E-state index contributed by atoms with van der Waals surface area (Å²) in [4.78, 5) is 16.1. The maximum Gasteiger partial charge on any atom is 0.418 e. The van der Waals surface area contributed by atoms with Gasteiger partial charge in [-0.05, 0) is 66.9 Å². The SMILES string of the molecule is CCOC(=O)c1cccc(Nc2cccc(-c3c(C)cnc4c(C(F)(F)F)cccc34)c2)c1. The van der Waals surface area contributed by atoms with Crippen LogP contribution >= 0.6 is 0 Å². The number of nitrogens with one attached hydrogen (secondary N) is 1. The van der Waals surface area contributed by atoms with Gasteiger partial charge in [-0.1, -0.05) is 30.3 Å². The van der Waals surface area contributed by atoms with Crippen molar-refractivity contribution < 1.29 is 22.7 Å². The number of fused-ring (bicyclic) bond motifs is 1. The van der Waals surface area contributed by atoms with Gasteiger partial charge in [-0.25, -0.2) is 4.79 Å². The van der Waals surface area contributed by atoms with Crippen molar-refractivity contribution in [3.63, 3.8) is 0 Å². The first-order valence-electron chi connectivity index (χ1n) is 10.4. The highest BCUT2D eigenvalue weighted by Crippen LogP contribution is 2.38. The van der Waals surface area contributed by atoms with Gasteiger partial charge in [0.1, 0.15) is 0 Å².